The lowest BCUT2D eigenvalue weighted by molar-refractivity contribution is 0.217. The van der Waals surface area contributed by atoms with E-state index in [0.717, 1.165) is 37.4 Å². The Morgan fingerprint density at radius 2 is 2.15 bits per heavy atom. The number of methoxy groups -OCH3 is 1. The molecule has 1 unspecified atom stereocenters. The van der Waals surface area contributed by atoms with Crippen molar-refractivity contribution < 1.29 is 9.53 Å². The van der Waals surface area contributed by atoms with E-state index in [1.807, 2.05) is 24.3 Å². The van der Waals surface area contributed by atoms with Crippen LogP contribution in [0.4, 0.5) is 10.5 Å². The average molecular weight is 277 g/mol. The fraction of sp³-hybridized carbons (Fsp3) is 0.533. The first-order valence-corrected chi connectivity index (χ1v) is 7.01. The number of anilines is 1. The number of carbonyl (C=O) groups excluding carboxylic acids is 1. The topological polar surface area (TPSA) is 62.4 Å². The Morgan fingerprint density at radius 1 is 1.40 bits per heavy atom. The molecule has 0 aromatic heterocycles. The number of hydrogen-bond donors (Lipinski definition) is 3. The standard InChI is InChI=1S/C15H23N3O2/c1-15(8-3-9-16-10-15)11-17-14(19)18-12-4-6-13(20-2)7-5-12/h4-7,16H,3,8-11H2,1-2H3,(H2,17,18,19). The lowest BCUT2D eigenvalue weighted by Crippen LogP contribution is -2.46. The third-order valence-electron chi connectivity index (χ3n) is 3.71. The van der Waals surface area contributed by atoms with Crippen LogP contribution in [-0.4, -0.2) is 32.8 Å². The van der Waals surface area contributed by atoms with Gasteiger partial charge in [-0.25, -0.2) is 4.79 Å². The third kappa shape index (κ3) is 4.13. The summed E-state index contributed by atoms with van der Waals surface area (Å²) in [5.74, 6) is 0.775. The van der Waals surface area contributed by atoms with Gasteiger partial charge in [0.15, 0.2) is 0 Å². The highest BCUT2D eigenvalue weighted by atomic mass is 16.5. The molecule has 1 aliphatic rings. The highest BCUT2D eigenvalue weighted by Gasteiger charge is 2.26. The quantitative estimate of drug-likeness (QED) is 0.790. The molecule has 0 aliphatic carbocycles. The number of rotatable bonds is 4. The minimum atomic E-state index is -0.165. The molecule has 1 atom stereocenters. The average Bonchev–Trinajstić information content (AvgIpc) is 2.47. The number of urea groups is 1. The molecule has 1 fully saturated rings. The predicted molar refractivity (Wildman–Crippen MR) is 80.2 cm³/mol. The van der Waals surface area contributed by atoms with Crippen LogP contribution in [0.2, 0.25) is 0 Å². The fourth-order valence-electron chi connectivity index (χ4n) is 2.41. The van der Waals surface area contributed by atoms with Gasteiger partial charge in [0.1, 0.15) is 5.75 Å². The molecular formula is C15H23N3O2. The van der Waals surface area contributed by atoms with Crippen molar-refractivity contribution in [3.8, 4) is 5.75 Å². The van der Waals surface area contributed by atoms with E-state index in [9.17, 15) is 4.79 Å². The number of ether oxygens (including phenoxy) is 1. The first-order valence-electron chi connectivity index (χ1n) is 7.01. The van der Waals surface area contributed by atoms with Crippen molar-refractivity contribution in [3.05, 3.63) is 24.3 Å². The van der Waals surface area contributed by atoms with Crippen molar-refractivity contribution in [2.24, 2.45) is 5.41 Å². The Hall–Kier alpha value is -1.75. The van der Waals surface area contributed by atoms with Gasteiger partial charge in [-0.2, -0.15) is 0 Å². The minimum Gasteiger partial charge on any atom is -0.497 e. The number of amides is 2. The molecule has 1 saturated heterocycles. The van der Waals surface area contributed by atoms with Gasteiger partial charge in [0.25, 0.3) is 0 Å². The van der Waals surface area contributed by atoms with Gasteiger partial charge in [-0.3, -0.25) is 0 Å². The van der Waals surface area contributed by atoms with E-state index in [4.69, 9.17) is 4.74 Å². The van der Waals surface area contributed by atoms with Gasteiger partial charge in [-0.05, 0) is 49.1 Å². The normalized spacial score (nSPS) is 22.1. The monoisotopic (exact) mass is 277 g/mol. The molecule has 1 heterocycles. The zero-order valence-corrected chi connectivity index (χ0v) is 12.2. The molecule has 5 heteroatoms. The molecule has 0 spiro atoms. The predicted octanol–water partition coefficient (Wildman–Crippen LogP) is 2.21. The van der Waals surface area contributed by atoms with Gasteiger partial charge in [-0.15, -0.1) is 0 Å². The number of carbonyl (C=O) groups is 1. The van der Waals surface area contributed by atoms with Crippen molar-refractivity contribution in [1.82, 2.24) is 10.6 Å². The van der Waals surface area contributed by atoms with Crippen LogP contribution in [0, 0.1) is 5.41 Å². The largest absolute Gasteiger partial charge is 0.497 e. The van der Waals surface area contributed by atoms with Crippen LogP contribution in [0.1, 0.15) is 19.8 Å². The lowest BCUT2D eigenvalue weighted by atomic mass is 9.83. The second-order valence-electron chi connectivity index (χ2n) is 5.63. The summed E-state index contributed by atoms with van der Waals surface area (Å²) >= 11 is 0. The van der Waals surface area contributed by atoms with Gasteiger partial charge in [0.05, 0.1) is 7.11 Å². The Kier molecular flexibility index (Phi) is 4.84. The lowest BCUT2D eigenvalue weighted by Gasteiger charge is -2.34. The molecule has 1 aliphatic heterocycles. The molecule has 0 radical (unpaired) electrons. The molecule has 0 saturated carbocycles. The number of piperidine rings is 1. The van der Waals surface area contributed by atoms with E-state index in [-0.39, 0.29) is 11.4 Å². The van der Waals surface area contributed by atoms with Crippen LogP contribution in [-0.2, 0) is 0 Å². The number of nitrogens with one attached hydrogen (secondary N) is 3. The van der Waals surface area contributed by atoms with Crippen LogP contribution in [0.3, 0.4) is 0 Å². The summed E-state index contributed by atoms with van der Waals surface area (Å²) in [6.45, 7) is 4.91. The second-order valence-corrected chi connectivity index (χ2v) is 5.63. The summed E-state index contributed by atoms with van der Waals surface area (Å²) in [4.78, 5) is 11.9. The highest BCUT2D eigenvalue weighted by molar-refractivity contribution is 5.89. The summed E-state index contributed by atoms with van der Waals surface area (Å²) in [6.07, 6.45) is 2.31. The Morgan fingerprint density at radius 3 is 2.75 bits per heavy atom. The van der Waals surface area contributed by atoms with Crippen LogP contribution in [0.5, 0.6) is 5.75 Å². The van der Waals surface area contributed by atoms with Gasteiger partial charge in [0.2, 0.25) is 0 Å². The first kappa shape index (κ1) is 14.7. The number of benzene rings is 1. The molecule has 20 heavy (non-hydrogen) atoms. The second kappa shape index (κ2) is 6.61. The Bertz CT molecular complexity index is 439. The molecule has 3 N–H and O–H groups in total. The molecule has 2 rings (SSSR count). The van der Waals surface area contributed by atoms with Gasteiger partial charge in [0, 0.05) is 18.8 Å². The highest BCUT2D eigenvalue weighted by Crippen LogP contribution is 2.24. The minimum absolute atomic E-state index is 0.148. The summed E-state index contributed by atoms with van der Waals surface area (Å²) in [5, 5.41) is 9.15. The smallest absolute Gasteiger partial charge is 0.319 e. The maximum Gasteiger partial charge on any atom is 0.319 e. The van der Waals surface area contributed by atoms with E-state index in [1.165, 1.54) is 0 Å². The number of hydrogen-bond acceptors (Lipinski definition) is 3. The van der Waals surface area contributed by atoms with E-state index in [2.05, 4.69) is 22.9 Å². The van der Waals surface area contributed by atoms with E-state index < -0.39 is 0 Å². The van der Waals surface area contributed by atoms with Crippen molar-refractivity contribution in [2.75, 3.05) is 32.1 Å². The van der Waals surface area contributed by atoms with Gasteiger partial charge >= 0.3 is 6.03 Å². The van der Waals surface area contributed by atoms with Crippen LogP contribution in [0.25, 0.3) is 0 Å². The molecule has 2 amide bonds. The summed E-state index contributed by atoms with van der Waals surface area (Å²) in [6, 6.07) is 7.12. The Balaban J connectivity index is 1.79. The molecule has 5 nitrogen and oxygen atoms in total. The maximum atomic E-state index is 11.9. The van der Waals surface area contributed by atoms with Crippen molar-refractivity contribution in [3.63, 3.8) is 0 Å². The van der Waals surface area contributed by atoms with Crippen molar-refractivity contribution in [2.45, 2.75) is 19.8 Å². The van der Waals surface area contributed by atoms with Crippen molar-refractivity contribution >= 4 is 11.7 Å². The van der Waals surface area contributed by atoms with Gasteiger partial charge in [-0.1, -0.05) is 6.92 Å². The van der Waals surface area contributed by atoms with Crippen LogP contribution >= 0.6 is 0 Å². The molecule has 110 valence electrons. The van der Waals surface area contributed by atoms with E-state index in [1.54, 1.807) is 7.11 Å². The molecule has 0 bridgehead atoms. The maximum absolute atomic E-state index is 11.9. The molecule has 1 aromatic rings. The third-order valence-corrected chi connectivity index (χ3v) is 3.71. The molecule has 1 aromatic carbocycles. The fourth-order valence-corrected chi connectivity index (χ4v) is 2.41. The molecular weight excluding hydrogens is 254 g/mol. The summed E-state index contributed by atoms with van der Waals surface area (Å²) < 4.78 is 5.08. The van der Waals surface area contributed by atoms with E-state index in [0.29, 0.717) is 6.54 Å². The first-order chi connectivity index (χ1) is 9.61. The van der Waals surface area contributed by atoms with Crippen LogP contribution < -0.4 is 20.7 Å². The summed E-state index contributed by atoms with van der Waals surface area (Å²) in [5.41, 5.74) is 0.908. The van der Waals surface area contributed by atoms with Gasteiger partial charge < -0.3 is 20.7 Å². The summed E-state index contributed by atoms with van der Waals surface area (Å²) in [7, 11) is 1.62. The van der Waals surface area contributed by atoms with Crippen molar-refractivity contribution in [1.29, 1.82) is 0 Å². The SMILES string of the molecule is COc1ccc(NC(=O)NCC2(C)CCCNC2)cc1. The zero-order chi connectivity index (χ0) is 14.4. The van der Waals surface area contributed by atoms with Crippen LogP contribution in [0.15, 0.2) is 24.3 Å². The van der Waals surface area contributed by atoms with E-state index >= 15 is 0 Å². The zero-order valence-electron chi connectivity index (χ0n) is 12.2. The Labute approximate surface area is 120 Å².